The maximum absolute atomic E-state index is 12.2. The quantitative estimate of drug-likeness (QED) is 0.622. The third-order valence-electron chi connectivity index (χ3n) is 2.99. The molecule has 0 radical (unpaired) electrons. The molecule has 0 unspecified atom stereocenters. The fourth-order valence-electron chi connectivity index (χ4n) is 1.55. The zero-order chi connectivity index (χ0) is 17.8. The molecule has 0 aliphatic carbocycles. The van der Waals surface area contributed by atoms with Crippen molar-refractivity contribution in [1.29, 1.82) is 0 Å². The largest absolute Gasteiger partial charge is 0.464 e. The highest BCUT2D eigenvalue weighted by Crippen LogP contribution is 2.24. The first-order chi connectivity index (χ1) is 10.6. The number of methoxy groups -OCH3 is 1. The van der Waals surface area contributed by atoms with E-state index in [0.717, 1.165) is 0 Å². The van der Waals surface area contributed by atoms with Crippen molar-refractivity contribution in [2.75, 3.05) is 7.11 Å². The molecule has 0 aromatic carbocycles. The Balaban J connectivity index is 2.92. The Bertz CT molecular complexity index is 603. The van der Waals surface area contributed by atoms with Crippen LogP contribution >= 0.6 is 11.3 Å². The van der Waals surface area contributed by atoms with Crippen molar-refractivity contribution in [3.8, 4) is 0 Å². The molecule has 0 bridgehead atoms. The van der Waals surface area contributed by atoms with Crippen LogP contribution in [0, 0.1) is 5.92 Å². The maximum atomic E-state index is 12.2. The van der Waals surface area contributed by atoms with Crippen LogP contribution in [0.2, 0.25) is 0 Å². The second-order valence-corrected chi connectivity index (χ2v) is 9.18. The number of hydrogen-bond donors (Lipinski definition) is 1. The highest BCUT2D eigenvalue weighted by atomic mass is 32.2. The normalized spacial score (nSPS) is 15.6. The van der Waals surface area contributed by atoms with Crippen LogP contribution in [0.5, 0.6) is 0 Å². The molecular weight excluding hydrogens is 336 g/mol. The highest BCUT2D eigenvalue weighted by molar-refractivity contribution is 7.85. The van der Waals surface area contributed by atoms with Crippen LogP contribution in [0.4, 0.5) is 0 Å². The van der Waals surface area contributed by atoms with E-state index in [1.807, 2.05) is 34.6 Å². The Morgan fingerprint density at radius 1 is 1.48 bits per heavy atom. The van der Waals surface area contributed by atoms with Gasteiger partial charge in [-0.25, -0.2) is 14.0 Å². The number of carbonyl (C=O) groups excluding carboxylic acids is 1. The Kier molecular flexibility index (Phi) is 7.03. The number of aromatic nitrogens is 1. The van der Waals surface area contributed by atoms with Gasteiger partial charge in [-0.3, -0.25) is 0 Å². The lowest BCUT2D eigenvalue weighted by Crippen LogP contribution is -2.23. The summed E-state index contributed by atoms with van der Waals surface area (Å²) in [6, 6.07) is 0. The number of hydrogen-bond acceptors (Lipinski definition) is 6. The number of aliphatic hydroxyl groups is 1. The monoisotopic (exact) mass is 360 g/mol. The molecule has 6 nitrogen and oxygen atoms in total. The van der Waals surface area contributed by atoms with Gasteiger partial charge in [0.15, 0.2) is 5.69 Å². The van der Waals surface area contributed by atoms with Crippen molar-refractivity contribution in [1.82, 2.24) is 4.98 Å². The summed E-state index contributed by atoms with van der Waals surface area (Å²) < 4.78 is 20.6. The third kappa shape index (κ3) is 5.78. The van der Waals surface area contributed by atoms with E-state index in [0.29, 0.717) is 10.7 Å². The van der Waals surface area contributed by atoms with Crippen LogP contribution in [0.15, 0.2) is 9.78 Å². The van der Waals surface area contributed by atoms with Gasteiger partial charge in [0.05, 0.1) is 11.9 Å². The first kappa shape index (κ1) is 19.9. The van der Waals surface area contributed by atoms with Gasteiger partial charge < -0.3 is 9.84 Å². The van der Waals surface area contributed by atoms with Gasteiger partial charge in [-0.15, -0.1) is 11.3 Å². The molecule has 0 fully saturated rings. The number of rotatable bonds is 6. The summed E-state index contributed by atoms with van der Waals surface area (Å²) in [6.45, 7) is 9.43. The molecule has 0 spiro atoms. The second kappa shape index (κ2) is 8.12. The molecule has 1 N–H and O–H groups in total. The molecule has 8 heteroatoms. The van der Waals surface area contributed by atoms with Crippen molar-refractivity contribution in [3.63, 3.8) is 0 Å². The highest BCUT2D eigenvalue weighted by Gasteiger charge is 2.23. The number of thiazole rings is 1. The average molecular weight is 361 g/mol. The van der Waals surface area contributed by atoms with E-state index in [1.54, 1.807) is 5.38 Å². The first-order valence-corrected chi connectivity index (χ1v) is 9.26. The molecule has 0 aliphatic rings. The standard InChI is InChI=1S/C15H24N2O4S2/c1-9(2)10(17-23(20)15(3,4)5)7-12(18)13-16-11(8-22-13)14(19)21-6/h8-9,12,18H,7H2,1-6H3/b17-10+/t12-,23-/m1/s1. The maximum Gasteiger partial charge on any atom is 0.357 e. The van der Waals surface area contributed by atoms with E-state index >= 15 is 0 Å². The lowest BCUT2D eigenvalue weighted by molar-refractivity contribution is 0.0594. The fourth-order valence-corrected chi connectivity index (χ4v) is 3.09. The van der Waals surface area contributed by atoms with Crippen LogP contribution in [0.3, 0.4) is 0 Å². The number of aliphatic hydroxyl groups excluding tert-OH is 1. The summed E-state index contributed by atoms with van der Waals surface area (Å²) >= 11 is 1.19. The van der Waals surface area contributed by atoms with Gasteiger partial charge in [0.2, 0.25) is 0 Å². The van der Waals surface area contributed by atoms with Crippen LogP contribution in [-0.4, -0.2) is 37.8 Å². The van der Waals surface area contributed by atoms with Crippen LogP contribution in [0.25, 0.3) is 0 Å². The van der Waals surface area contributed by atoms with Gasteiger partial charge in [0, 0.05) is 17.5 Å². The Labute approximate surface area is 143 Å². The summed E-state index contributed by atoms with van der Waals surface area (Å²) in [5.74, 6) is -0.484. The Morgan fingerprint density at radius 3 is 2.57 bits per heavy atom. The van der Waals surface area contributed by atoms with Gasteiger partial charge in [0.1, 0.15) is 22.1 Å². The number of esters is 1. The van der Waals surface area contributed by atoms with Crippen molar-refractivity contribution in [2.24, 2.45) is 10.3 Å². The zero-order valence-electron chi connectivity index (χ0n) is 14.3. The molecule has 0 saturated carbocycles. The van der Waals surface area contributed by atoms with E-state index in [-0.39, 0.29) is 18.0 Å². The molecule has 0 saturated heterocycles. The summed E-state index contributed by atoms with van der Waals surface area (Å²) in [5, 5.41) is 12.3. The molecule has 130 valence electrons. The van der Waals surface area contributed by atoms with Crippen molar-refractivity contribution in [2.45, 2.75) is 51.9 Å². The lowest BCUT2D eigenvalue weighted by Gasteiger charge is -2.18. The minimum atomic E-state index is -1.38. The minimum absolute atomic E-state index is 0.0518. The van der Waals surface area contributed by atoms with E-state index in [1.165, 1.54) is 18.4 Å². The molecule has 2 atom stereocenters. The van der Waals surface area contributed by atoms with Gasteiger partial charge >= 0.3 is 5.97 Å². The first-order valence-electron chi connectivity index (χ1n) is 7.27. The van der Waals surface area contributed by atoms with Crippen LogP contribution < -0.4 is 0 Å². The number of nitrogens with zero attached hydrogens (tertiary/aromatic N) is 2. The minimum Gasteiger partial charge on any atom is -0.464 e. The number of ether oxygens (including phenoxy) is 1. The van der Waals surface area contributed by atoms with Gasteiger partial charge in [-0.05, 0) is 26.7 Å². The van der Waals surface area contributed by atoms with Gasteiger partial charge in [-0.2, -0.15) is 4.40 Å². The SMILES string of the molecule is COC(=O)c1csc([C@H](O)C/C(=N\[S@](=O)C(C)(C)C)C(C)C)n1. The average Bonchev–Trinajstić information content (AvgIpc) is 2.94. The Hall–Kier alpha value is -1.12. The van der Waals surface area contributed by atoms with Crippen LogP contribution in [0.1, 0.15) is 62.6 Å². The lowest BCUT2D eigenvalue weighted by atomic mass is 10.0. The Morgan fingerprint density at radius 2 is 2.09 bits per heavy atom. The van der Waals surface area contributed by atoms with E-state index in [2.05, 4.69) is 14.1 Å². The van der Waals surface area contributed by atoms with E-state index in [9.17, 15) is 14.1 Å². The van der Waals surface area contributed by atoms with Crippen molar-refractivity contribution >= 4 is 34.0 Å². The zero-order valence-corrected chi connectivity index (χ0v) is 16.0. The van der Waals surface area contributed by atoms with Crippen molar-refractivity contribution in [3.05, 3.63) is 16.1 Å². The smallest absolute Gasteiger partial charge is 0.357 e. The summed E-state index contributed by atoms with van der Waals surface area (Å²) in [5.41, 5.74) is 0.841. The summed E-state index contributed by atoms with van der Waals surface area (Å²) in [4.78, 5) is 15.5. The third-order valence-corrected chi connectivity index (χ3v) is 5.39. The number of carbonyl (C=O) groups is 1. The molecule has 0 amide bonds. The summed E-state index contributed by atoms with van der Waals surface area (Å²) in [6.07, 6.45) is -0.662. The molecule has 1 aromatic heterocycles. The predicted octanol–water partition coefficient (Wildman–Crippen LogP) is 2.91. The van der Waals surface area contributed by atoms with Crippen LogP contribution in [-0.2, 0) is 15.7 Å². The fraction of sp³-hybridized carbons (Fsp3) is 0.667. The van der Waals surface area contributed by atoms with E-state index in [4.69, 9.17) is 0 Å². The molecule has 23 heavy (non-hydrogen) atoms. The topological polar surface area (TPSA) is 88.9 Å². The summed E-state index contributed by atoms with van der Waals surface area (Å²) in [7, 11) is -0.0977. The molecule has 0 aliphatic heterocycles. The van der Waals surface area contributed by atoms with E-state index < -0.39 is 27.8 Å². The second-order valence-electron chi connectivity index (χ2n) is 6.38. The van der Waals surface area contributed by atoms with Gasteiger partial charge in [-0.1, -0.05) is 13.8 Å². The van der Waals surface area contributed by atoms with Crippen molar-refractivity contribution < 1.29 is 18.8 Å². The predicted molar refractivity (Wildman–Crippen MR) is 93.2 cm³/mol. The van der Waals surface area contributed by atoms with Gasteiger partial charge in [0.25, 0.3) is 0 Å². The molecule has 1 heterocycles. The molecular formula is C15H24N2O4S2. The molecule has 1 aromatic rings. The molecule has 1 rings (SSSR count).